The molecule has 0 atom stereocenters. The summed E-state index contributed by atoms with van der Waals surface area (Å²) in [5, 5.41) is 0. The summed E-state index contributed by atoms with van der Waals surface area (Å²) in [6, 6.07) is 7.46. The highest BCUT2D eigenvalue weighted by atomic mass is 32.2. The van der Waals surface area contributed by atoms with Crippen LogP contribution in [-0.2, 0) is 22.3 Å². The van der Waals surface area contributed by atoms with Crippen LogP contribution in [0.5, 0.6) is 0 Å². The summed E-state index contributed by atoms with van der Waals surface area (Å²) in [7, 11) is -3.25. The molecule has 108 valence electrons. The van der Waals surface area contributed by atoms with Crippen molar-refractivity contribution in [2.24, 2.45) is 5.73 Å². The van der Waals surface area contributed by atoms with Crippen molar-refractivity contribution in [2.75, 3.05) is 13.1 Å². The number of hydrogen-bond acceptors (Lipinski definition) is 3. The Morgan fingerprint density at radius 2 is 1.79 bits per heavy atom. The zero-order chi connectivity index (χ0) is 14.3. The third-order valence-electron chi connectivity index (χ3n) is 3.18. The maximum absolute atomic E-state index is 12.4. The SMILES string of the molecule is CCCCN(CC)S(=O)(=O)Cc1ccccc1CN. The van der Waals surface area contributed by atoms with E-state index in [4.69, 9.17) is 5.73 Å². The zero-order valence-corrected chi connectivity index (χ0v) is 12.6. The number of nitrogens with two attached hydrogens (primary N) is 1. The summed E-state index contributed by atoms with van der Waals surface area (Å²) in [5.74, 6) is 0.0396. The lowest BCUT2D eigenvalue weighted by Crippen LogP contribution is -2.33. The molecule has 0 aliphatic rings. The minimum atomic E-state index is -3.25. The molecule has 0 aliphatic heterocycles. The van der Waals surface area contributed by atoms with E-state index in [9.17, 15) is 8.42 Å². The number of benzene rings is 1. The van der Waals surface area contributed by atoms with Crippen LogP contribution in [0.2, 0.25) is 0 Å². The van der Waals surface area contributed by atoms with Crippen molar-refractivity contribution in [3.05, 3.63) is 35.4 Å². The van der Waals surface area contributed by atoms with Gasteiger partial charge in [-0.25, -0.2) is 12.7 Å². The second-order valence-electron chi connectivity index (χ2n) is 4.57. The Balaban J connectivity index is 2.88. The van der Waals surface area contributed by atoms with E-state index >= 15 is 0 Å². The quantitative estimate of drug-likeness (QED) is 0.795. The molecule has 0 aliphatic carbocycles. The van der Waals surface area contributed by atoms with E-state index in [0.717, 1.165) is 24.0 Å². The van der Waals surface area contributed by atoms with Crippen LogP contribution in [0.4, 0.5) is 0 Å². The number of rotatable bonds is 8. The van der Waals surface area contributed by atoms with Gasteiger partial charge in [0.15, 0.2) is 0 Å². The van der Waals surface area contributed by atoms with E-state index in [1.54, 1.807) is 4.31 Å². The summed E-state index contributed by atoms with van der Waals surface area (Å²) < 4.78 is 26.3. The molecule has 0 unspecified atom stereocenters. The van der Waals surface area contributed by atoms with E-state index < -0.39 is 10.0 Å². The normalized spacial score (nSPS) is 12.0. The summed E-state index contributed by atoms with van der Waals surface area (Å²) in [6.07, 6.45) is 1.89. The highest BCUT2D eigenvalue weighted by Crippen LogP contribution is 2.15. The van der Waals surface area contributed by atoms with Gasteiger partial charge in [-0.3, -0.25) is 0 Å². The molecule has 0 aromatic heterocycles. The fourth-order valence-corrected chi connectivity index (χ4v) is 3.67. The molecule has 1 aromatic carbocycles. The van der Waals surface area contributed by atoms with Gasteiger partial charge < -0.3 is 5.73 Å². The van der Waals surface area contributed by atoms with Gasteiger partial charge in [0.25, 0.3) is 0 Å². The first kappa shape index (κ1) is 16.1. The number of nitrogens with zero attached hydrogens (tertiary/aromatic N) is 1. The molecular formula is C14H24N2O2S. The van der Waals surface area contributed by atoms with Crippen LogP contribution in [0.3, 0.4) is 0 Å². The van der Waals surface area contributed by atoms with Gasteiger partial charge in [-0.2, -0.15) is 0 Å². The second kappa shape index (κ2) is 7.62. The number of hydrogen-bond donors (Lipinski definition) is 1. The Morgan fingerprint density at radius 1 is 1.16 bits per heavy atom. The summed E-state index contributed by atoms with van der Waals surface area (Å²) in [6.45, 7) is 5.42. The van der Waals surface area contributed by atoms with Gasteiger partial charge in [0, 0.05) is 19.6 Å². The molecule has 1 aromatic rings. The first-order valence-corrected chi connectivity index (χ1v) is 8.40. The number of unbranched alkanes of at least 4 members (excludes halogenated alkanes) is 1. The van der Waals surface area contributed by atoms with Crippen molar-refractivity contribution < 1.29 is 8.42 Å². The highest BCUT2D eigenvalue weighted by molar-refractivity contribution is 7.88. The smallest absolute Gasteiger partial charge is 0.218 e. The van der Waals surface area contributed by atoms with E-state index in [-0.39, 0.29) is 5.75 Å². The van der Waals surface area contributed by atoms with Gasteiger partial charge in [-0.1, -0.05) is 44.5 Å². The van der Waals surface area contributed by atoms with E-state index in [0.29, 0.717) is 19.6 Å². The molecule has 19 heavy (non-hydrogen) atoms. The topological polar surface area (TPSA) is 63.4 Å². The molecule has 0 spiro atoms. The van der Waals surface area contributed by atoms with Gasteiger partial charge in [0.05, 0.1) is 5.75 Å². The first-order chi connectivity index (χ1) is 9.05. The van der Waals surface area contributed by atoms with Crippen molar-refractivity contribution in [3.63, 3.8) is 0 Å². The lowest BCUT2D eigenvalue weighted by atomic mass is 10.1. The molecule has 0 heterocycles. The van der Waals surface area contributed by atoms with Crippen molar-refractivity contribution in [1.82, 2.24) is 4.31 Å². The Hall–Kier alpha value is -0.910. The number of sulfonamides is 1. The van der Waals surface area contributed by atoms with Gasteiger partial charge in [0.2, 0.25) is 10.0 Å². The average Bonchev–Trinajstić information content (AvgIpc) is 2.39. The van der Waals surface area contributed by atoms with E-state index in [2.05, 4.69) is 6.92 Å². The highest BCUT2D eigenvalue weighted by Gasteiger charge is 2.21. The standard InChI is InChI=1S/C14H24N2O2S/c1-3-5-10-16(4-2)19(17,18)12-14-9-7-6-8-13(14)11-15/h6-9H,3-5,10-12,15H2,1-2H3. The Labute approximate surface area is 116 Å². The van der Waals surface area contributed by atoms with Crippen molar-refractivity contribution in [2.45, 2.75) is 39.0 Å². The Bertz CT molecular complexity index is 486. The fourth-order valence-electron chi connectivity index (χ4n) is 2.01. The second-order valence-corrected chi connectivity index (χ2v) is 6.54. The van der Waals surface area contributed by atoms with Crippen LogP contribution < -0.4 is 5.73 Å². The minimum Gasteiger partial charge on any atom is -0.326 e. The predicted octanol–water partition coefficient (Wildman–Crippen LogP) is 2.10. The maximum atomic E-state index is 12.4. The van der Waals surface area contributed by atoms with Gasteiger partial charge in [-0.15, -0.1) is 0 Å². The van der Waals surface area contributed by atoms with Gasteiger partial charge in [-0.05, 0) is 17.5 Å². The molecule has 4 nitrogen and oxygen atoms in total. The summed E-state index contributed by atoms with van der Waals surface area (Å²) in [4.78, 5) is 0. The monoisotopic (exact) mass is 284 g/mol. The fraction of sp³-hybridized carbons (Fsp3) is 0.571. The van der Waals surface area contributed by atoms with Crippen LogP contribution in [0.1, 0.15) is 37.8 Å². The van der Waals surface area contributed by atoms with Crippen LogP contribution in [0, 0.1) is 0 Å². The summed E-state index contributed by atoms with van der Waals surface area (Å²) in [5.41, 5.74) is 7.36. The molecule has 0 amide bonds. The lowest BCUT2D eigenvalue weighted by molar-refractivity contribution is 0.418. The van der Waals surface area contributed by atoms with Crippen LogP contribution >= 0.6 is 0 Å². The lowest BCUT2D eigenvalue weighted by Gasteiger charge is -2.21. The maximum Gasteiger partial charge on any atom is 0.218 e. The molecular weight excluding hydrogens is 260 g/mol. The molecule has 1 rings (SSSR count). The average molecular weight is 284 g/mol. The zero-order valence-electron chi connectivity index (χ0n) is 11.8. The predicted molar refractivity (Wildman–Crippen MR) is 79.1 cm³/mol. The summed E-state index contributed by atoms with van der Waals surface area (Å²) >= 11 is 0. The minimum absolute atomic E-state index is 0.0396. The van der Waals surface area contributed by atoms with Crippen LogP contribution in [0.25, 0.3) is 0 Å². The molecule has 0 radical (unpaired) electrons. The largest absolute Gasteiger partial charge is 0.326 e. The van der Waals surface area contributed by atoms with Crippen molar-refractivity contribution >= 4 is 10.0 Å². The van der Waals surface area contributed by atoms with Crippen molar-refractivity contribution in [1.29, 1.82) is 0 Å². The third-order valence-corrected chi connectivity index (χ3v) is 5.09. The van der Waals surface area contributed by atoms with Crippen LogP contribution in [-0.4, -0.2) is 25.8 Å². The molecule has 5 heteroatoms. The molecule has 0 saturated carbocycles. The molecule has 0 saturated heterocycles. The molecule has 2 N–H and O–H groups in total. The molecule has 0 fully saturated rings. The Kier molecular flexibility index (Phi) is 6.48. The van der Waals surface area contributed by atoms with Crippen molar-refractivity contribution in [3.8, 4) is 0 Å². The Morgan fingerprint density at radius 3 is 2.32 bits per heavy atom. The molecule has 0 bridgehead atoms. The third kappa shape index (κ3) is 4.60. The van der Waals surface area contributed by atoms with E-state index in [1.165, 1.54) is 0 Å². The van der Waals surface area contributed by atoms with Crippen LogP contribution in [0.15, 0.2) is 24.3 Å². The first-order valence-electron chi connectivity index (χ1n) is 6.79. The van der Waals surface area contributed by atoms with Gasteiger partial charge >= 0.3 is 0 Å². The van der Waals surface area contributed by atoms with Gasteiger partial charge in [0.1, 0.15) is 0 Å². The van der Waals surface area contributed by atoms with E-state index in [1.807, 2.05) is 31.2 Å².